The van der Waals surface area contributed by atoms with E-state index in [-0.39, 0.29) is 47.3 Å². The molecule has 3 spiro atoms. The number of esters is 6. The van der Waals surface area contributed by atoms with Gasteiger partial charge in [-0.1, -0.05) is 48.5 Å². The highest BCUT2D eigenvalue weighted by atomic mass is 17.3. The Morgan fingerprint density at radius 3 is 1.34 bits per heavy atom. The van der Waals surface area contributed by atoms with E-state index in [1.807, 2.05) is 27.7 Å². The molecule has 3 saturated carbocycles. The van der Waals surface area contributed by atoms with Gasteiger partial charge in [0.2, 0.25) is 42.0 Å². The maximum absolute atomic E-state index is 14.1. The van der Waals surface area contributed by atoms with E-state index < -0.39 is 177 Å². The van der Waals surface area contributed by atoms with Gasteiger partial charge in [-0.05, 0) is 128 Å². The van der Waals surface area contributed by atoms with Crippen molar-refractivity contribution in [2.24, 2.45) is 70.5 Å². The Labute approximate surface area is 520 Å². The highest BCUT2D eigenvalue weighted by molar-refractivity contribution is 5.79. The second-order valence-electron chi connectivity index (χ2n) is 29.5. The van der Waals surface area contributed by atoms with Crippen LogP contribution in [0.4, 0.5) is 0 Å². The first-order valence-electron chi connectivity index (χ1n) is 33.1. The summed E-state index contributed by atoms with van der Waals surface area (Å²) in [6.45, 7) is 22.0. The van der Waals surface area contributed by atoms with Crippen molar-refractivity contribution < 1.29 is 115 Å². The fraction of sp³-hybridized carbons (Fsp3) is 0.906. The van der Waals surface area contributed by atoms with Gasteiger partial charge in [0.1, 0.15) is 13.2 Å². The molecule has 0 aromatic rings. The Bertz CT molecular complexity index is 2700. The molecule has 0 aromatic carbocycles. The van der Waals surface area contributed by atoms with Crippen LogP contribution in [0.15, 0.2) is 0 Å². The van der Waals surface area contributed by atoms with Crippen LogP contribution in [0.5, 0.6) is 0 Å². The molecule has 12 heterocycles. The second kappa shape index (κ2) is 24.3. The molecule has 12 saturated heterocycles. The van der Waals surface area contributed by atoms with Gasteiger partial charge in [0.15, 0.2) is 35.7 Å². The number of ether oxygens (including phenoxy) is 12. The Kier molecular flexibility index (Phi) is 17.8. The Hall–Kier alpha value is -3.70. The average molecular weight is 1260 g/mol. The minimum Gasteiger partial charge on any atom is -0.460 e. The van der Waals surface area contributed by atoms with Crippen molar-refractivity contribution in [3.8, 4) is 0 Å². The first kappa shape index (κ1) is 65.4. The van der Waals surface area contributed by atoms with Gasteiger partial charge in [0, 0.05) is 60.3 Å². The molecule has 15 fully saturated rings. The summed E-state index contributed by atoms with van der Waals surface area (Å²) in [6, 6.07) is -0.497. The van der Waals surface area contributed by atoms with Gasteiger partial charge in [-0.3, -0.25) is 34.1 Å². The third-order valence-electron chi connectivity index (χ3n) is 23.2. The van der Waals surface area contributed by atoms with Gasteiger partial charge >= 0.3 is 35.8 Å². The first-order valence-corrected chi connectivity index (χ1v) is 33.1. The van der Waals surface area contributed by atoms with E-state index in [0.29, 0.717) is 37.0 Å². The van der Waals surface area contributed by atoms with Crippen molar-refractivity contribution in [3.05, 3.63) is 0 Å². The van der Waals surface area contributed by atoms with E-state index in [2.05, 4.69) is 33.0 Å². The van der Waals surface area contributed by atoms with Crippen LogP contribution in [-0.4, -0.2) is 133 Å². The van der Waals surface area contributed by atoms with Gasteiger partial charge in [-0.25, -0.2) is 29.3 Å². The summed E-state index contributed by atoms with van der Waals surface area (Å²) < 4.78 is 74.1. The van der Waals surface area contributed by atoms with Crippen molar-refractivity contribution in [3.63, 3.8) is 0 Å². The van der Waals surface area contributed by atoms with E-state index >= 15 is 0 Å². The summed E-state index contributed by atoms with van der Waals surface area (Å²) in [4.78, 5) is 119. The molecule has 0 amide bonds. The minimum absolute atomic E-state index is 0.0724. The third kappa shape index (κ3) is 11.6. The summed E-state index contributed by atoms with van der Waals surface area (Å²) in [5, 5.41) is 3.09. The van der Waals surface area contributed by atoms with E-state index in [4.69, 9.17) is 86.2 Å². The predicted octanol–water partition coefficient (Wildman–Crippen LogP) is 8.29. The summed E-state index contributed by atoms with van der Waals surface area (Å²) in [7, 11) is 0. The molecule has 15 rings (SSSR count). The van der Waals surface area contributed by atoms with Gasteiger partial charge in [-0.15, -0.1) is 0 Å². The lowest BCUT2D eigenvalue weighted by Gasteiger charge is -2.65. The number of hydrogen-bond acceptors (Lipinski definition) is 25. The van der Waals surface area contributed by atoms with E-state index in [0.717, 1.165) is 57.8 Å². The maximum Gasteiger partial charge on any atom is 0.308 e. The molecule has 1 N–H and O–H groups in total. The van der Waals surface area contributed by atoms with Crippen LogP contribution in [0.25, 0.3) is 0 Å². The van der Waals surface area contributed by atoms with Crippen LogP contribution in [-0.2, 0) is 115 Å². The van der Waals surface area contributed by atoms with Gasteiger partial charge in [-0.2, -0.15) is 0 Å². The SMILES string of the molecule is CC(C)NC(COC(=O)CCC(=O)O[C@@H]1OC2O[C@@]3(C)CC[C@H]4[C@H](C)CC[C@@H]([C@H]1C)[C@@]24OO3)(COC(=O)CCC(=O)O[C@@H]1OC2O[C@@]3(C)CC[C@H]4[C@H](C)CC[C@@](C)([C@H]1C)[C@@]24OO3)OC(=O)CCC(=O)O[C@@H]1O[C@@H]2O[C@]3(C)CC[C@H]4[C@H](C)CC[C@@H]([C@H]1C)[C@@]24OO3. The molecule has 12 aliphatic heterocycles. The van der Waals surface area contributed by atoms with Crippen LogP contribution < -0.4 is 5.32 Å². The number of nitrogens with one attached hydrogen (secondary N) is 1. The lowest BCUT2D eigenvalue weighted by atomic mass is 9.50. The van der Waals surface area contributed by atoms with Crippen LogP contribution >= 0.6 is 0 Å². The van der Waals surface area contributed by atoms with E-state index in [1.165, 1.54) is 0 Å². The molecule has 15 aliphatic rings. The largest absolute Gasteiger partial charge is 0.460 e. The molecule has 3 unspecified atom stereocenters. The normalized spacial score (nSPS) is 47.1. The van der Waals surface area contributed by atoms with Crippen molar-refractivity contribution in [1.29, 1.82) is 0 Å². The topological polar surface area (TPSA) is 281 Å². The van der Waals surface area contributed by atoms with Gasteiger partial charge in [0.05, 0.1) is 38.5 Å². The molecule has 25 heteroatoms. The second-order valence-corrected chi connectivity index (χ2v) is 29.5. The summed E-state index contributed by atoms with van der Waals surface area (Å²) in [5.74, 6) is -8.04. The van der Waals surface area contributed by atoms with Crippen molar-refractivity contribution in [1.82, 2.24) is 5.32 Å². The van der Waals surface area contributed by atoms with Gasteiger partial charge in [0.25, 0.3) is 0 Å². The lowest BCUT2D eigenvalue weighted by molar-refractivity contribution is -0.586. The fourth-order valence-electron chi connectivity index (χ4n) is 18.0. The van der Waals surface area contributed by atoms with Gasteiger partial charge < -0.3 is 56.8 Å². The van der Waals surface area contributed by atoms with Crippen LogP contribution in [0.3, 0.4) is 0 Å². The van der Waals surface area contributed by atoms with E-state index in [9.17, 15) is 28.8 Å². The summed E-state index contributed by atoms with van der Waals surface area (Å²) in [5.41, 5.74) is -5.31. The Morgan fingerprint density at radius 1 is 0.449 bits per heavy atom. The molecule has 6 bridgehead atoms. The smallest absolute Gasteiger partial charge is 0.308 e. The zero-order valence-electron chi connectivity index (χ0n) is 53.8. The highest BCUT2D eigenvalue weighted by Gasteiger charge is 2.76. The molecule has 25 nitrogen and oxygen atoms in total. The lowest BCUT2D eigenvalue weighted by Crippen LogP contribution is -2.74. The number of hydrogen-bond donors (Lipinski definition) is 1. The maximum atomic E-state index is 14.1. The molecule has 3 aliphatic carbocycles. The van der Waals surface area contributed by atoms with Crippen LogP contribution in [0, 0.1) is 70.5 Å². The van der Waals surface area contributed by atoms with Crippen molar-refractivity contribution in [2.45, 2.75) is 282 Å². The summed E-state index contributed by atoms with van der Waals surface area (Å²) >= 11 is 0. The summed E-state index contributed by atoms with van der Waals surface area (Å²) in [6.07, 6.45) is 1.03. The van der Waals surface area contributed by atoms with Crippen LogP contribution in [0.2, 0.25) is 0 Å². The van der Waals surface area contributed by atoms with Crippen molar-refractivity contribution >= 4 is 35.8 Å². The number of rotatable bonds is 19. The molecular formula is C64H95NO24. The number of fused-ring (bicyclic) bond motifs is 6. The molecule has 0 radical (unpaired) electrons. The molecule has 89 heavy (non-hydrogen) atoms. The quantitative estimate of drug-likeness (QED) is 0.0551. The monoisotopic (exact) mass is 1260 g/mol. The predicted molar refractivity (Wildman–Crippen MR) is 300 cm³/mol. The standard InChI is InChI=1S/C64H95NO24/c1-33(2)65-61(80-50(71)22-21-48(69)75-52-38(7)44-16-14-35(4)41-25-29-59(11)82-55(78-52)63(41,44)88-85-59,31-72-45(66)17-19-47(68)74-51-37(6)43-15-13-34(3)40-24-28-58(10)81-54(77-51)62(40,43)87-84-58)32-73-46(67)18-20-49(70)76-53-39(8)57(9)27-23-36(5)42-26-30-60(12)83-56(79-53)64(42,57)89-86-60/h33-44,51-56,65H,13-32H2,1-12H3/t34-,35-,36-,37-,38-,39+,40+,41+,42+,43+,44+,51-,52-,53-,54?,55-,56?,57+,58-,59+,60-,61?,62-,63-,64+/m1/s1. The Morgan fingerprint density at radius 2 is 0.854 bits per heavy atom. The fourth-order valence-corrected chi connectivity index (χ4v) is 18.0. The zero-order valence-corrected chi connectivity index (χ0v) is 53.8. The van der Waals surface area contributed by atoms with Crippen LogP contribution in [0.1, 0.15) is 199 Å². The first-order chi connectivity index (χ1) is 42.1. The Balaban J connectivity index is 0.686. The van der Waals surface area contributed by atoms with Crippen molar-refractivity contribution in [2.75, 3.05) is 13.2 Å². The molecule has 25 atom stereocenters. The number of carbonyl (C=O) groups is 6. The molecule has 500 valence electrons. The highest BCUT2D eigenvalue weighted by Crippen LogP contribution is 2.67. The van der Waals surface area contributed by atoms with E-state index in [1.54, 1.807) is 27.7 Å². The third-order valence-corrected chi connectivity index (χ3v) is 23.2. The minimum atomic E-state index is -2.05. The molecule has 0 aromatic heterocycles. The average Bonchev–Trinajstić information content (AvgIpc) is 1.71. The number of carbonyl (C=O) groups excluding carboxylic acids is 6. The zero-order chi connectivity index (χ0) is 63.4. The molecular weight excluding hydrogens is 1170 g/mol.